The Hall–Kier alpha value is -2.76. The fraction of sp³-hybridized carbons (Fsp3) is 0.364. The lowest BCUT2D eigenvalue weighted by Crippen LogP contribution is -2.48. The third-order valence-electron chi connectivity index (χ3n) is 6.17. The van der Waals surface area contributed by atoms with Crippen LogP contribution in [0.1, 0.15) is 24.2 Å². The van der Waals surface area contributed by atoms with E-state index >= 15 is 0 Å². The SMILES string of the molecule is O=S(=O)(c1ccc(OC(F)F)cc1)N1CCN(c2nc(C3(c4cccc(Cl)c4)CC3)no2)CC1. The minimum atomic E-state index is -3.78. The van der Waals surface area contributed by atoms with Crippen molar-refractivity contribution in [1.82, 2.24) is 14.4 Å². The number of alkyl halides is 2. The van der Waals surface area contributed by atoms with E-state index in [1.54, 1.807) is 0 Å². The minimum Gasteiger partial charge on any atom is -0.435 e. The first-order valence-corrected chi connectivity index (χ1v) is 12.5. The summed E-state index contributed by atoms with van der Waals surface area (Å²) in [5.74, 6) is 0.503. The molecule has 1 aliphatic heterocycles. The lowest BCUT2D eigenvalue weighted by molar-refractivity contribution is -0.0498. The largest absolute Gasteiger partial charge is 0.435 e. The summed E-state index contributed by atoms with van der Waals surface area (Å²) >= 11 is 6.15. The third kappa shape index (κ3) is 4.35. The van der Waals surface area contributed by atoms with Crippen LogP contribution in [0.15, 0.2) is 57.9 Å². The molecule has 180 valence electrons. The van der Waals surface area contributed by atoms with Crippen LogP contribution in [0.25, 0.3) is 0 Å². The first-order valence-electron chi connectivity index (χ1n) is 10.7. The number of anilines is 1. The van der Waals surface area contributed by atoms with Gasteiger partial charge in [0, 0.05) is 31.2 Å². The second kappa shape index (κ2) is 8.79. The van der Waals surface area contributed by atoms with E-state index in [0.717, 1.165) is 18.4 Å². The summed E-state index contributed by atoms with van der Waals surface area (Å²) in [4.78, 5) is 6.49. The molecule has 0 N–H and O–H groups in total. The maximum Gasteiger partial charge on any atom is 0.387 e. The number of benzene rings is 2. The highest BCUT2D eigenvalue weighted by molar-refractivity contribution is 7.89. The van der Waals surface area contributed by atoms with Crippen molar-refractivity contribution in [2.75, 3.05) is 31.1 Å². The molecule has 8 nitrogen and oxygen atoms in total. The number of nitrogens with zero attached hydrogens (tertiary/aromatic N) is 4. The lowest BCUT2D eigenvalue weighted by atomic mass is 9.95. The van der Waals surface area contributed by atoms with Gasteiger partial charge in [0.2, 0.25) is 10.0 Å². The molecule has 34 heavy (non-hydrogen) atoms. The fourth-order valence-electron chi connectivity index (χ4n) is 4.15. The van der Waals surface area contributed by atoms with Gasteiger partial charge in [-0.1, -0.05) is 28.9 Å². The van der Waals surface area contributed by atoms with E-state index in [2.05, 4.69) is 14.9 Å². The van der Waals surface area contributed by atoms with E-state index in [9.17, 15) is 17.2 Å². The number of hydrogen-bond acceptors (Lipinski definition) is 7. The Labute approximate surface area is 200 Å². The average molecular weight is 511 g/mol. The van der Waals surface area contributed by atoms with Crippen molar-refractivity contribution in [3.05, 3.63) is 64.9 Å². The van der Waals surface area contributed by atoms with Gasteiger partial charge < -0.3 is 14.2 Å². The molecule has 2 heterocycles. The van der Waals surface area contributed by atoms with Crippen molar-refractivity contribution in [3.8, 4) is 5.75 Å². The summed E-state index contributed by atoms with van der Waals surface area (Å²) < 4.78 is 61.7. The van der Waals surface area contributed by atoms with Crippen LogP contribution in [0.5, 0.6) is 5.75 Å². The van der Waals surface area contributed by atoms with Crippen molar-refractivity contribution < 1.29 is 26.5 Å². The van der Waals surface area contributed by atoms with Crippen LogP contribution in [0.4, 0.5) is 14.8 Å². The van der Waals surface area contributed by atoms with Gasteiger partial charge in [-0.05, 0) is 54.8 Å². The quantitative estimate of drug-likeness (QED) is 0.476. The molecule has 1 aliphatic carbocycles. The Morgan fingerprint density at radius 3 is 2.38 bits per heavy atom. The monoisotopic (exact) mass is 510 g/mol. The molecule has 2 fully saturated rings. The summed E-state index contributed by atoms with van der Waals surface area (Å²) in [6.45, 7) is -1.79. The van der Waals surface area contributed by atoms with Gasteiger partial charge in [-0.2, -0.15) is 18.1 Å². The van der Waals surface area contributed by atoms with Crippen molar-refractivity contribution in [2.45, 2.75) is 29.8 Å². The predicted molar refractivity (Wildman–Crippen MR) is 120 cm³/mol. The van der Waals surface area contributed by atoms with Crippen LogP contribution in [-0.4, -0.2) is 55.7 Å². The molecule has 3 aromatic rings. The van der Waals surface area contributed by atoms with E-state index in [4.69, 9.17) is 16.1 Å². The first-order chi connectivity index (χ1) is 16.3. The number of sulfonamides is 1. The molecule has 2 aliphatic rings. The third-order valence-corrected chi connectivity index (χ3v) is 8.31. The molecule has 0 bridgehead atoms. The molecule has 0 atom stereocenters. The van der Waals surface area contributed by atoms with E-state index in [-0.39, 0.29) is 29.1 Å². The second-order valence-corrected chi connectivity index (χ2v) is 10.6. The standard InChI is InChI=1S/C22H21ClF2N4O4S/c23-16-3-1-2-15(14-16)22(8-9-22)19-26-21(33-27-19)28-10-12-29(13-11-28)34(30,31)18-6-4-17(5-7-18)32-20(24)25/h1-7,14,20H,8-13H2. The Bertz CT molecular complexity index is 1270. The summed E-state index contributed by atoms with van der Waals surface area (Å²) in [6.07, 6.45) is 1.80. The first kappa shape index (κ1) is 23.0. The number of rotatable bonds is 7. The molecule has 1 saturated heterocycles. The zero-order valence-corrected chi connectivity index (χ0v) is 19.5. The zero-order chi connectivity index (χ0) is 23.9. The van der Waals surface area contributed by atoms with Crippen molar-refractivity contribution in [1.29, 1.82) is 0 Å². The molecule has 1 saturated carbocycles. The van der Waals surface area contributed by atoms with Crippen molar-refractivity contribution in [2.24, 2.45) is 0 Å². The maximum atomic E-state index is 12.9. The number of ether oxygens (including phenoxy) is 1. The summed E-state index contributed by atoms with van der Waals surface area (Å²) in [6, 6.07) is 12.9. The van der Waals surface area contributed by atoms with E-state index in [1.165, 1.54) is 28.6 Å². The van der Waals surface area contributed by atoms with Crippen LogP contribution < -0.4 is 9.64 Å². The number of halogens is 3. The van der Waals surface area contributed by atoms with Crippen LogP contribution in [-0.2, 0) is 15.4 Å². The molecule has 0 radical (unpaired) electrons. The predicted octanol–water partition coefficient (Wildman–Crippen LogP) is 3.92. The molecule has 5 rings (SSSR count). The number of aromatic nitrogens is 2. The van der Waals surface area contributed by atoms with Crippen LogP contribution in [0, 0.1) is 0 Å². The van der Waals surface area contributed by atoms with Gasteiger partial charge in [-0.3, -0.25) is 0 Å². The minimum absolute atomic E-state index is 0.0137. The Kier molecular flexibility index (Phi) is 5.95. The molecule has 0 spiro atoms. The Morgan fingerprint density at radius 1 is 1.06 bits per heavy atom. The summed E-state index contributed by atoms with van der Waals surface area (Å²) in [5.41, 5.74) is 0.756. The van der Waals surface area contributed by atoms with Crippen LogP contribution in [0.2, 0.25) is 5.02 Å². The van der Waals surface area contributed by atoms with Gasteiger partial charge in [0.25, 0.3) is 0 Å². The average Bonchev–Trinajstić information content (AvgIpc) is 3.48. The molecule has 0 amide bonds. The smallest absolute Gasteiger partial charge is 0.387 e. The Morgan fingerprint density at radius 2 is 1.76 bits per heavy atom. The summed E-state index contributed by atoms with van der Waals surface area (Å²) in [5, 5.41) is 4.86. The lowest BCUT2D eigenvalue weighted by Gasteiger charge is -2.32. The summed E-state index contributed by atoms with van der Waals surface area (Å²) in [7, 11) is -3.78. The van der Waals surface area contributed by atoms with Gasteiger partial charge in [0.1, 0.15) is 5.75 Å². The zero-order valence-electron chi connectivity index (χ0n) is 17.9. The molecule has 12 heteroatoms. The van der Waals surface area contributed by atoms with Gasteiger partial charge in [0.05, 0.1) is 10.3 Å². The van der Waals surface area contributed by atoms with Crippen LogP contribution in [0.3, 0.4) is 0 Å². The normalized spacial score (nSPS) is 18.3. The molecule has 2 aromatic carbocycles. The second-order valence-electron chi connectivity index (χ2n) is 8.23. The van der Waals surface area contributed by atoms with E-state index in [0.29, 0.717) is 30.0 Å². The Balaban J connectivity index is 1.25. The maximum absolute atomic E-state index is 12.9. The molecular formula is C22H21ClF2N4O4S. The van der Waals surface area contributed by atoms with Gasteiger partial charge in [-0.25, -0.2) is 8.42 Å². The van der Waals surface area contributed by atoms with E-state index < -0.39 is 16.6 Å². The number of hydrogen-bond donors (Lipinski definition) is 0. The highest BCUT2D eigenvalue weighted by Crippen LogP contribution is 2.52. The van der Waals surface area contributed by atoms with Gasteiger partial charge in [0.15, 0.2) is 5.82 Å². The number of piperazine rings is 1. The molecule has 1 aromatic heterocycles. The van der Waals surface area contributed by atoms with Crippen molar-refractivity contribution in [3.63, 3.8) is 0 Å². The van der Waals surface area contributed by atoms with Gasteiger partial charge >= 0.3 is 12.6 Å². The highest BCUT2D eigenvalue weighted by Gasteiger charge is 2.50. The topological polar surface area (TPSA) is 88.8 Å². The fourth-order valence-corrected chi connectivity index (χ4v) is 5.77. The highest BCUT2D eigenvalue weighted by atomic mass is 35.5. The molecule has 0 unspecified atom stereocenters. The van der Waals surface area contributed by atoms with Crippen LogP contribution >= 0.6 is 11.6 Å². The molecular weight excluding hydrogens is 490 g/mol. The van der Waals surface area contributed by atoms with Crippen molar-refractivity contribution >= 4 is 27.6 Å². The van der Waals surface area contributed by atoms with E-state index in [1.807, 2.05) is 29.2 Å². The van der Waals surface area contributed by atoms with Gasteiger partial charge in [-0.15, -0.1) is 0 Å².